The van der Waals surface area contributed by atoms with Crippen LogP contribution in [-0.2, 0) is 4.74 Å². The van der Waals surface area contributed by atoms with Gasteiger partial charge in [-0.3, -0.25) is 4.98 Å². The molecule has 0 spiro atoms. The number of ether oxygens (including phenoxy) is 1. The van der Waals surface area contributed by atoms with Crippen molar-refractivity contribution >= 4 is 38.8 Å². The maximum Gasteiger partial charge on any atom is 0.350 e. The number of esters is 1. The zero-order chi connectivity index (χ0) is 17.3. The van der Waals surface area contributed by atoms with E-state index in [2.05, 4.69) is 10.3 Å². The number of carbonyl (C=O) groups excluding carboxylic acids is 1. The fourth-order valence-corrected chi connectivity index (χ4v) is 3.33. The van der Waals surface area contributed by atoms with Gasteiger partial charge in [0.25, 0.3) is 0 Å². The topological polar surface area (TPSA) is 51.2 Å². The Labute approximate surface area is 141 Å². The average Bonchev–Trinajstić information content (AvgIpc) is 2.90. The van der Waals surface area contributed by atoms with Gasteiger partial charge in [0.15, 0.2) is 5.82 Å². The highest BCUT2D eigenvalue weighted by atomic mass is 32.1. The molecule has 0 radical (unpaired) electrons. The number of carbonyl (C=O) groups is 1. The number of aryl methyl sites for hydroxylation is 1. The van der Waals surface area contributed by atoms with Crippen LogP contribution in [0.1, 0.15) is 22.2 Å². The second kappa shape index (κ2) is 6.52. The molecule has 1 aromatic carbocycles. The van der Waals surface area contributed by atoms with Crippen LogP contribution in [0.2, 0.25) is 0 Å². The zero-order valence-electron chi connectivity index (χ0n) is 13.0. The summed E-state index contributed by atoms with van der Waals surface area (Å²) in [6, 6.07) is 4.68. The van der Waals surface area contributed by atoms with Crippen LogP contribution in [0.4, 0.5) is 20.2 Å². The van der Waals surface area contributed by atoms with Gasteiger partial charge in [-0.05, 0) is 31.5 Å². The van der Waals surface area contributed by atoms with Crippen molar-refractivity contribution in [1.29, 1.82) is 0 Å². The number of thiophene rings is 1. The number of hydrogen-bond donors (Lipinski definition) is 1. The monoisotopic (exact) mass is 348 g/mol. The van der Waals surface area contributed by atoms with Gasteiger partial charge in [-0.25, -0.2) is 13.6 Å². The maximum atomic E-state index is 14.1. The van der Waals surface area contributed by atoms with Crippen LogP contribution >= 0.6 is 11.3 Å². The highest BCUT2D eigenvalue weighted by Gasteiger charge is 2.22. The molecule has 4 nitrogen and oxygen atoms in total. The summed E-state index contributed by atoms with van der Waals surface area (Å²) in [5.74, 6) is -1.60. The molecule has 3 rings (SSSR count). The molecule has 0 aliphatic rings. The van der Waals surface area contributed by atoms with Gasteiger partial charge in [0.05, 0.1) is 28.9 Å². The third-order valence-electron chi connectivity index (χ3n) is 3.40. The quantitative estimate of drug-likeness (QED) is 0.688. The van der Waals surface area contributed by atoms with E-state index in [-0.39, 0.29) is 21.9 Å². The predicted octanol–water partition coefficient (Wildman–Crippen LogP) is 4.80. The molecule has 0 saturated heterocycles. The molecule has 0 unspecified atom stereocenters. The lowest BCUT2D eigenvalue weighted by Gasteiger charge is -2.09. The van der Waals surface area contributed by atoms with Gasteiger partial charge in [-0.15, -0.1) is 11.3 Å². The average molecular weight is 348 g/mol. The van der Waals surface area contributed by atoms with E-state index in [1.54, 1.807) is 26.0 Å². The van der Waals surface area contributed by atoms with E-state index in [4.69, 9.17) is 4.74 Å². The molecule has 2 aromatic heterocycles. The standard InChI is InChI=1S/C17H14F2N2O2S/c1-3-23-17(22)16-14(10-7-20-8-12(19)15(10)24-16)21-13-5-4-9(2)6-11(13)18/h4-8,21H,3H2,1-2H3. The molecule has 2 heterocycles. The van der Waals surface area contributed by atoms with Crippen LogP contribution in [0.5, 0.6) is 0 Å². The Bertz CT molecular complexity index is 924. The van der Waals surface area contributed by atoms with Crippen molar-refractivity contribution in [2.75, 3.05) is 11.9 Å². The Morgan fingerprint density at radius 3 is 2.79 bits per heavy atom. The summed E-state index contributed by atoms with van der Waals surface area (Å²) in [4.78, 5) is 16.2. The predicted molar refractivity (Wildman–Crippen MR) is 90.0 cm³/mol. The fourth-order valence-electron chi connectivity index (χ4n) is 2.30. The van der Waals surface area contributed by atoms with Gasteiger partial charge in [0.1, 0.15) is 10.7 Å². The first kappa shape index (κ1) is 16.3. The molecule has 124 valence electrons. The number of fused-ring (bicyclic) bond motifs is 1. The van der Waals surface area contributed by atoms with E-state index in [1.807, 2.05) is 0 Å². The highest BCUT2D eigenvalue weighted by Crippen LogP contribution is 2.39. The lowest BCUT2D eigenvalue weighted by atomic mass is 10.2. The van der Waals surface area contributed by atoms with Crippen molar-refractivity contribution in [2.24, 2.45) is 0 Å². The Morgan fingerprint density at radius 2 is 2.08 bits per heavy atom. The van der Waals surface area contributed by atoms with E-state index >= 15 is 0 Å². The summed E-state index contributed by atoms with van der Waals surface area (Å²) in [6.07, 6.45) is 2.51. The number of hydrogen-bond acceptors (Lipinski definition) is 5. The summed E-state index contributed by atoms with van der Waals surface area (Å²) in [5.41, 5.74) is 1.25. The first-order chi connectivity index (χ1) is 11.5. The van der Waals surface area contributed by atoms with Crippen LogP contribution in [0.15, 0.2) is 30.6 Å². The molecule has 0 saturated carbocycles. The molecule has 1 N–H and O–H groups in total. The third kappa shape index (κ3) is 2.94. The van der Waals surface area contributed by atoms with Gasteiger partial charge >= 0.3 is 5.97 Å². The minimum absolute atomic E-state index is 0.179. The molecule has 0 aliphatic carbocycles. The summed E-state index contributed by atoms with van der Waals surface area (Å²) in [7, 11) is 0. The number of anilines is 2. The summed E-state index contributed by atoms with van der Waals surface area (Å²) in [5, 5.41) is 3.29. The lowest BCUT2D eigenvalue weighted by molar-refractivity contribution is 0.0533. The minimum Gasteiger partial charge on any atom is -0.462 e. The molecular weight excluding hydrogens is 334 g/mol. The number of nitrogens with one attached hydrogen (secondary N) is 1. The molecule has 0 bridgehead atoms. The Kier molecular flexibility index (Phi) is 4.44. The van der Waals surface area contributed by atoms with Crippen LogP contribution in [0, 0.1) is 18.6 Å². The number of halogens is 2. The van der Waals surface area contributed by atoms with Crippen molar-refractivity contribution in [3.05, 3.63) is 52.7 Å². The Morgan fingerprint density at radius 1 is 1.29 bits per heavy atom. The number of nitrogens with zero attached hydrogens (tertiary/aromatic N) is 1. The minimum atomic E-state index is -0.590. The van der Waals surface area contributed by atoms with Crippen molar-refractivity contribution < 1.29 is 18.3 Å². The molecule has 24 heavy (non-hydrogen) atoms. The summed E-state index contributed by atoms with van der Waals surface area (Å²) >= 11 is 0.952. The van der Waals surface area contributed by atoms with Crippen LogP contribution < -0.4 is 5.32 Å². The zero-order valence-corrected chi connectivity index (χ0v) is 13.8. The van der Waals surface area contributed by atoms with E-state index in [9.17, 15) is 13.6 Å². The number of benzene rings is 1. The van der Waals surface area contributed by atoms with Gasteiger partial charge in [-0.2, -0.15) is 0 Å². The van der Waals surface area contributed by atoms with Gasteiger partial charge in [-0.1, -0.05) is 6.07 Å². The van der Waals surface area contributed by atoms with Gasteiger partial charge < -0.3 is 10.1 Å². The maximum absolute atomic E-state index is 14.1. The van der Waals surface area contributed by atoms with Crippen LogP contribution in [0.25, 0.3) is 10.1 Å². The van der Waals surface area contributed by atoms with Crippen LogP contribution in [0.3, 0.4) is 0 Å². The van der Waals surface area contributed by atoms with E-state index in [0.717, 1.165) is 23.1 Å². The highest BCUT2D eigenvalue weighted by molar-refractivity contribution is 7.21. The molecular formula is C17H14F2N2O2S. The largest absolute Gasteiger partial charge is 0.462 e. The molecule has 3 aromatic rings. The van der Waals surface area contributed by atoms with E-state index < -0.39 is 17.6 Å². The van der Waals surface area contributed by atoms with Crippen molar-refractivity contribution in [2.45, 2.75) is 13.8 Å². The first-order valence-electron chi connectivity index (χ1n) is 7.27. The SMILES string of the molecule is CCOC(=O)c1sc2c(F)cncc2c1Nc1ccc(C)cc1F. The molecule has 7 heteroatoms. The fraction of sp³-hybridized carbons (Fsp3) is 0.176. The van der Waals surface area contributed by atoms with Gasteiger partial charge in [0.2, 0.25) is 0 Å². The Hall–Kier alpha value is -2.54. The Balaban J connectivity index is 2.15. The van der Waals surface area contributed by atoms with Gasteiger partial charge in [0, 0.05) is 11.6 Å². The molecule has 0 amide bonds. The lowest BCUT2D eigenvalue weighted by Crippen LogP contribution is -2.05. The molecule has 0 fully saturated rings. The second-order valence-electron chi connectivity index (χ2n) is 5.13. The molecule has 0 aliphatic heterocycles. The number of pyridine rings is 1. The second-order valence-corrected chi connectivity index (χ2v) is 6.15. The van der Waals surface area contributed by atoms with E-state index in [0.29, 0.717) is 11.1 Å². The van der Waals surface area contributed by atoms with E-state index in [1.165, 1.54) is 12.3 Å². The number of rotatable bonds is 4. The number of aromatic nitrogens is 1. The van der Waals surface area contributed by atoms with Crippen molar-refractivity contribution in [3.63, 3.8) is 0 Å². The van der Waals surface area contributed by atoms with Crippen molar-refractivity contribution in [1.82, 2.24) is 4.98 Å². The molecule has 0 atom stereocenters. The van der Waals surface area contributed by atoms with Crippen LogP contribution in [-0.4, -0.2) is 17.6 Å². The van der Waals surface area contributed by atoms with Crippen molar-refractivity contribution in [3.8, 4) is 0 Å². The first-order valence-corrected chi connectivity index (χ1v) is 8.09. The normalized spacial score (nSPS) is 10.8. The third-order valence-corrected chi connectivity index (χ3v) is 4.59. The smallest absolute Gasteiger partial charge is 0.350 e. The summed E-state index contributed by atoms with van der Waals surface area (Å²) < 4.78 is 33.4. The summed E-state index contributed by atoms with van der Waals surface area (Å²) in [6.45, 7) is 3.64.